The first-order valence-electron chi connectivity index (χ1n) is 4.60. The largest absolute Gasteiger partial charge is 0.472 e. The van der Waals surface area contributed by atoms with Crippen molar-refractivity contribution in [3.05, 3.63) is 17.3 Å². The van der Waals surface area contributed by atoms with Gasteiger partial charge in [-0.25, -0.2) is 4.98 Å². The van der Waals surface area contributed by atoms with E-state index in [1.165, 1.54) is 0 Å². The maximum Gasteiger partial charge on any atom is 0.255 e. The zero-order valence-corrected chi connectivity index (χ0v) is 8.88. The predicted molar refractivity (Wildman–Crippen MR) is 52.0 cm³/mol. The van der Waals surface area contributed by atoms with E-state index in [-0.39, 0.29) is 17.3 Å². The molecule has 78 valence electrons. The number of rotatable bonds is 2. The average molecular weight is 219 g/mol. The molecule has 1 aromatic heterocycles. The first kappa shape index (κ1) is 11.2. The Bertz CT molecular complexity index is 305. The fourth-order valence-corrected chi connectivity index (χ4v) is 0.883. The Morgan fingerprint density at radius 3 is 2.71 bits per heavy atom. The molecule has 0 unspecified atom stereocenters. The minimum absolute atomic E-state index is 0.00653. The number of aromatic nitrogens is 2. The number of halogens is 2. The molecule has 14 heavy (non-hydrogen) atoms. The van der Waals surface area contributed by atoms with E-state index in [0.29, 0.717) is 0 Å². The monoisotopic (exact) mass is 218 g/mol. The highest BCUT2D eigenvalue weighted by Crippen LogP contribution is 2.27. The van der Waals surface area contributed by atoms with Crippen molar-refractivity contribution in [2.24, 2.45) is 0 Å². The van der Waals surface area contributed by atoms with E-state index < -0.39 is 5.82 Å². The average Bonchev–Trinajstić information content (AvgIpc) is 2.99. The third-order valence-electron chi connectivity index (χ3n) is 1.49. The van der Waals surface area contributed by atoms with Gasteiger partial charge in [-0.15, -0.1) is 0 Å². The van der Waals surface area contributed by atoms with E-state index in [4.69, 9.17) is 16.3 Å². The van der Waals surface area contributed by atoms with E-state index in [1.54, 1.807) is 0 Å². The summed E-state index contributed by atoms with van der Waals surface area (Å²) in [5.74, 6) is -0.608. The Hall–Kier alpha value is -0.900. The molecule has 0 aliphatic heterocycles. The predicted octanol–water partition coefficient (Wildman–Crippen LogP) is 2.84. The standard InChI is InChI=1S/C7H6ClFN2O.C2H6/c8-7-10-3-5(9)6(11-7)12-4-1-2-4;1-2/h3-4H,1-2H2;1-2H3. The summed E-state index contributed by atoms with van der Waals surface area (Å²) >= 11 is 5.45. The zero-order chi connectivity index (χ0) is 10.6. The number of hydrogen-bond acceptors (Lipinski definition) is 3. The fourth-order valence-electron chi connectivity index (χ4n) is 0.758. The Labute approximate surface area is 87.3 Å². The normalized spacial score (nSPS) is 14.3. The second-order valence-corrected chi connectivity index (χ2v) is 2.95. The number of nitrogens with zero attached hydrogens (tertiary/aromatic N) is 2. The third-order valence-corrected chi connectivity index (χ3v) is 1.67. The summed E-state index contributed by atoms with van der Waals surface area (Å²) in [6.07, 6.45) is 3.04. The molecule has 1 heterocycles. The first-order valence-corrected chi connectivity index (χ1v) is 4.98. The minimum Gasteiger partial charge on any atom is -0.472 e. The molecule has 0 atom stereocenters. The van der Waals surface area contributed by atoms with Crippen LogP contribution in [-0.2, 0) is 0 Å². The van der Waals surface area contributed by atoms with E-state index in [9.17, 15) is 4.39 Å². The lowest BCUT2D eigenvalue weighted by atomic mass is 10.6. The highest BCUT2D eigenvalue weighted by atomic mass is 35.5. The molecule has 5 heteroatoms. The van der Waals surface area contributed by atoms with Gasteiger partial charge in [0, 0.05) is 0 Å². The summed E-state index contributed by atoms with van der Waals surface area (Å²) in [5.41, 5.74) is 0. The summed E-state index contributed by atoms with van der Waals surface area (Å²) < 4.78 is 18.0. The molecule has 1 aliphatic carbocycles. The van der Waals surface area contributed by atoms with Crippen molar-refractivity contribution in [1.29, 1.82) is 0 Å². The zero-order valence-electron chi connectivity index (χ0n) is 8.13. The quantitative estimate of drug-likeness (QED) is 0.716. The molecule has 2 rings (SSSR count). The molecule has 1 saturated carbocycles. The van der Waals surface area contributed by atoms with E-state index in [1.807, 2.05) is 13.8 Å². The molecule has 0 aromatic carbocycles. The van der Waals surface area contributed by atoms with Crippen LogP contribution in [0, 0.1) is 5.82 Å². The van der Waals surface area contributed by atoms with Crippen molar-refractivity contribution >= 4 is 11.6 Å². The van der Waals surface area contributed by atoms with Crippen molar-refractivity contribution in [3.63, 3.8) is 0 Å². The molecule has 3 nitrogen and oxygen atoms in total. The molecule has 0 spiro atoms. The lowest BCUT2D eigenvalue weighted by molar-refractivity contribution is 0.273. The van der Waals surface area contributed by atoms with Crippen LogP contribution in [0.5, 0.6) is 5.88 Å². The lowest BCUT2D eigenvalue weighted by Gasteiger charge is -2.02. The highest BCUT2D eigenvalue weighted by Gasteiger charge is 2.25. The van der Waals surface area contributed by atoms with Gasteiger partial charge < -0.3 is 4.74 Å². The molecule has 0 amide bonds. The first-order chi connectivity index (χ1) is 6.75. The Kier molecular flexibility index (Phi) is 4.07. The maximum atomic E-state index is 12.8. The Balaban J connectivity index is 0.000000461. The van der Waals surface area contributed by atoms with Crippen LogP contribution in [0.2, 0.25) is 5.28 Å². The molecular formula is C9H12ClFN2O. The number of ether oxygens (including phenoxy) is 1. The maximum absolute atomic E-state index is 12.8. The van der Waals surface area contributed by atoms with Crippen LogP contribution in [0.4, 0.5) is 4.39 Å². The minimum atomic E-state index is -0.564. The summed E-state index contributed by atoms with van der Waals surface area (Å²) in [6, 6.07) is 0. The molecule has 1 aliphatic rings. The van der Waals surface area contributed by atoms with Crippen molar-refractivity contribution in [1.82, 2.24) is 9.97 Å². The van der Waals surface area contributed by atoms with Crippen molar-refractivity contribution in [2.75, 3.05) is 0 Å². The van der Waals surface area contributed by atoms with Gasteiger partial charge in [0.25, 0.3) is 5.88 Å². The van der Waals surface area contributed by atoms with Crippen molar-refractivity contribution < 1.29 is 9.13 Å². The van der Waals surface area contributed by atoms with Gasteiger partial charge in [0.2, 0.25) is 11.1 Å². The summed E-state index contributed by atoms with van der Waals surface area (Å²) in [7, 11) is 0. The molecule has 0 N–H and O–H groups in total. The van der Waals surface area contributed by atoms with Crippen molar-refractivity contribution in [3.8, 4) is 5.88 Å². The molecule has 0 saturated heterocycles. The molecule has 0 bridgehead atoms. The summed E-state index contributed by atoms with van der Waals surface area (Å²) in [5, 5.41) is 0.00653. The molecule has 0 radical (unpaired) electrons. The third kappa shape index (κ3) is 3.10. The lowest BCUT2D eigenvalue weighted by Crippen LogP contribution is -2.01. The van der Waals surface area contributed by atoms with Crippen molar-refractivity contribution in [2.45, 2.75) is 32.8 Å². The second-order valence-electron chi connectivity index (χ2n) is 2.61. The van der Waals surface area contributed by atoms with Crippen LogP contribution >= 0.6 is 11.6 Å². The van der Waals surface area contributed by atoms with Crippen LogP contribution in [0.1, 0.15) is 26.7 Å². The van der Waals surface area contributed by atoms with Gasteiger partial charge in [-0.3, -0.25) is 0 Å². The van der Waals surface area contributed by atoms with E-state index in [2.05, 4.69) is 9.97 Å². The van der Waals surface area contributed by atoms with E-state index >= 15 is 0 Å². The van der Waals surface area contributed by atoms with Gasteiger partial charge in [0.15, 0.2) is 0 Å². The van der Waals surface area contributed by atoms with Gasteiger partial charge in [-0.2, -0.15) is 9.37 Å². The van der Waals surface area contributed by atoms with Crippen LogP contribution in [0.3, 0.4) is 0 Å². The van der Waals surface area contributed by atoms with Crippen LogP contribution in [-0.4, -0.2) is 16.1 Å². The van der Waals surface area contributed by atoms with Crippen LogP contribution in [0.15, 0.2) is 6.20 Å². The fraction of sp³-hybridized carbons (Fsp3) is 0.556. The SMILES string of the molecule is CC.Fc1cnc(Cl)nc1OC1CC1. The Morgan fingerprint density at radius 1 is 1.50 bits per heavy atom. The van der Waals surface area contributed by atoms with E-state index in [0.717, 1.165) is 19.0 Å². The van der Waals surface area contributed by atoms with Gasteiger partial charge in [-0.05, 0) is 24.4 Å². The molecule has 1 fully saturated rings. The van der Waals surface area contributed by atoms with Gasteiger partial charge in [0.05, 0.1) is 6.20 Å². The summed E-state index contributed by atoms with van der Waals surface area (Å²) in [6.45, 7) is 4.00. The van der Waals surface area contributed by atoms with Crippen LogP contribution < -0.4 is 4.74 Å². The smallest absolute Gasteiger partial charge is 0.255 e. The topological polar surface area (TPSA) is 35.0 Å². The summed E-state index contributed by atoms with van der Waals surface area (Å²) in [4.78, 5) is 7.08. The van der Waals surface area contributed by atoms with Gasteiger partial charge in [-0.1, -0.05) is 13.8 Å². The van der Waals surface area contributed by atoms with Gasteiger partial charge >= 0.3 is 0 Å². The molecule has 1 aromatic rings. The van der Waals surface area contributed by atoms with Gasteiger partial charge in [0.1, 0.15) is 6.10 Å². The van der Waals surface area contributed by atoms with Crippen LogP contribution in [0.25, 0.3) is 0 Å². The highest BCUT2D eigenvalue weighted by molar-refractivity contribution is 6.28. The number of hydrogen-bond donors (Lipinski definition) is 0. The molecular weight excluding hydrogens is 207 g/mol. The Morgan fingerprint density at radius 2 is 2.14 bits per heavy atom. The second kappa shape index (κ2) is 5.10.